The summed E-state index contributed by atoms with van der Waals surface area (Å²) in [4.78, 5) is 39.3. The maximum Gasteiger partial charge on any atom is 0.339 e. The van der Waals surface area contributed by atoms with Crippen LogP contribution in [0.1, 0.15) is 18.1 Å². The largest absolute Gasteiger partial charge is 0.494 e. The number of imide groups is 2. The van der Waals surface area contributed by atoms with E-state index in [9.17, 15) is 22.8 Å². The second-order valence-electron chi connectivity index (χ2n) is 8.04. The van der Waals surface area contributed by atoms with Crippen LogP contribution in [0.4, 0.5) is 10.5 Å². The molecule has 3 aromatic rings. The number of barbiturate groups is 1. The van der Waals surface area contributed by atoms with Crippen LogP contribution < -0.4 is 19.1 Å². The highest BCUT2D eigenvalue weighted by Gasteiger charge is 2.37. The SMILES string of the molecule is CCOc1ccc(N2C(=O)NC(=O)/C(=C\c3cc(Br)cc(Br)c3OS(=O)(=O)c3ccc(C)cc3)C2=O)cc1. The molecular weight excluding hydrogens is 644 g/mol. The number of aryl methyl sites for hydroxylation is 1. The third-order valence-electron chi connectivity index (χ3n) is 5.35. The van der Waals surface area contributed by atoms with Gasteiger partial charge in [-0.05, 0) is 84.4 Å². The first-order valence-electron chi connectivity index (χ1n) is 11.1. The third kappa shape index (κ3) is 5.82. The van der Waals surface area contributed by atoms with Crippen molar-refractivity contribution in [2.24, 2.45) is 0 Å². The molecule has 0 aromatic heterocycles. The molecule has 0 atom stereocenters. The molecule has 0 aliphatic carbocycles. The zero-order chi connectivity index (χ0) is 27.6. The number of rotatable bonds is 7. The van der Waals surface area contributed by atoms with Gasteiger partial charge in [0, 0.05) is 10.0 Å². The van der Waals surface area contributed by atoms with Crippen LogP contribution in [0.2, 0.25) is 0 Å². The molecule has 0 unspecified atom stereocenters. The minimum atomic E-state index is -4.26. The van der Waals surface area contributed by atoms with Gasteiger partial charge in [-0.3, -0.25) is 14.9 Å². The van der Waals surface area contributed by atoms with Crippen molar-refractivity contribution in [3.63, 3.8) is 0 Å². The molecule has 4 amide bonds. The first kappa shape index (κ1) is 27.6. The zero-order valence-electron chi connectivity index (χ0n) is 20.0. The highest BCUT2D eigenvalue weighted by Crippen LogP contribution is 2.37. The quantitative estimate of drug-likeness (QED) is 0.206. The number of anilines is 1. The molecule has 1 fully saturated rings. The lowest BCUT2D eigenvalue weighted by atomic mass is 10.1. The van der Waals surface area contributed by atoms with E-state index in [-0.39, 0.29) is 26.4 Å². The van der Waals surface area contributed by atoms with Crippen molar-refractivity contribution in [3.8, 4) is 11.5 Å². The van der Waals surface area contributed by atoms with E-state index >= 15 is 0 Å². The average Bonchev–Trinajstić information content (AvgIpc) is 2.85. The minimum absolute atomic E-state index is 0.0738. The number of halogens is 2. The number of amides is 4. The number of ether oxygens (including phenoxy) is 1. The highest BCUT2D eigenvalue weighted by atomic mass is 79.9. The third-order valence-corrected chi connectivity index (χ3v) is 7.63. The Balaban J connectivity index is 1.75. The van der Waals surface area contributed by atoms with Crippen molar-refractivity contribution in [3.05, 3.63) is 86.3 Å². The van der Waals surface area contributed by atoms with E-state index in [1.165, 1.54) is 36.4 Å². The summed E-state index contributed by atoms with van der Waals surface area (Å²) < 4.78 is 37.6. The Kier molecular flexibility index (Phi) is 8.05. The number of nitrogens with zero attached hydrogens (tertiary/aromatic N) is 1. The molecule has 1 saturated heterocycles. The second-order valence-corrected chi connectivity index (χ2v) is 11.4. The lowest BCUT2D eigenvalue weighted by molar-refractivity contribution is -0.122. The maximum absolute atomic E-state index is 13.3. The number of benzene rings is 3. The van der Waals surface area contributed by atoms with E-state index in [2.05, 4.69) is 37.2 Å². The normalized spacial score (nSPS) is 15.0. The summed E-state index contributed by atoms with van der Waals surface area (Å²) in [6.07, 6.45) is 1.17. The van der Waals surface area contributed by atoms with Crippen LogP contribution >= 0.6 is 31.9 Å². The molecule has 196 valence electrons. The summed E-state index contributed by atoms with van der Waals surface area (Å²) in [5, 5.41) is 2.14. The highest BCUT2D eigenvalue weighted by molar-refractivity contribution is 9.11. The summed E-state index contributed by atoms with van der Waals surface area (Å²) in [5.41, 5.74) is 0.776. The fourth-order valence-corrected chi connectivity index (χ4v) is 5.96. The van der Waals surface area contributed by atoms with Crippen LogP contribution in [0.25, 0.3) is 6.08 Å². The molecule has 0 saturated carbocycles. The van der Waals surface area contributed by atoms with Gasteiger partial charge in [0.25, 0.3) is 11.8 Å². The van der Waals surface area contributed by atoms with Crippen LogP contribution in [-0.4, -0.2) is 32.9 Å². The second kappa shape index (κ2) is 11.1. The fourth-order valence-electron chi connectivity index (χ4n) is 3.54. The number of nitrogens with one attached hydrogen (secondary N) is 1. The molecule has 9 nitrogen and oxygen atoms in total. The Labute approximate surface area is 235 Å². The fraction of sp³-hybridized carbons (Fsp3) is 0.115. The topological polar surface area (TPSA) is 119 Å². The predicted octanol–water partition coefficient (Wildman–Crippen LogP) is 5.35. The Morgan fingerprint density at radius 1 is 0.974 bits per heavy atom. The molecule has 1 aliphatic heterocycles. The van der Waals surface area contributed by atoms with Gasteiger partial charge in [-0.25, -0.2) is 9.69 Å². The van der Waals surface area contributed by atoms with Gasteiger partial charge in [-0.1, -0.05) is 33.6 Å². The number of carbonyl (C=O) groups excluding carboxylic acids is 3. The molecule has 1 heterocycles. The van der Waals surface area contributed by atoms with Gasteiger partial charge < -0.3 is 8.92 Å². The van der Waals surface area contributed by atoms with E-state index in [1.54, 1.807) is 30.3 Å². The molecule has 4 rings (SSSR count). The molecule has 0 bridgehead atoms. The van der Waals surface area contributed by atoms with Crippen molar-refractivity contribution in [1.29, 1.82) is 0 Å². The van der Waals surface area contributed by atoms with Gasteiger partial charge in [0.15, 0.2) is 5.75 Å². The molecule has 0 radical (unpaired) electrons. The van der Waals surface area contributed by atoms with Crippen molar-refractivity contribution < 1.29 is 31.7 Å². The van der Waals surface area contributed by atoms with Crippen molar-refractivity contribution in [2.75, 3.05) is 11.5 Å². The van der Waals surface area contributed by atoms with Crippen LogP contribution in [0.3, 0.4) is 0 Å². The molecule has 1 aliphatic rings. The first-order chi connectivity index (χ1) is 18.0. The van der Waals surface area contributed by atoms with E-state index in [0.717, 1.165) is 10.5 Å². The Morgan fingerprint density at radius 3 is 2.26 bits per heavy atom. The van der Waals surface area contributed by atoms with Gasteiger partial charge in [0.2, 0.25) is 0 Å². The lowest BCUT2D eigenvalue weighted by Gasteiger charge is -2.26. The summed E-state index contributed by atoms with van der Waals surface area (Å²) in [5.74, 6) is -1.44. The Bertz CT molecular complexity index is 1570. The zero-order valence-corrected chi connectivity index (χ0v) is 24.0. The number of carbonyl (C=O) groups is 3. The van der Waals surface area contributed by atoms with Gasteiger partial charge >= 0.3 is 16.1 Å². The standard InChI is InChI=1S/C26H20Br2N2O7S/c1-3-36-19-8-6-18(7-9-19)30-25(32)21(24(31)29-26(30)33)13-16-12-17(27)14-22(28)23(16)37-38(34,35)20-10-4-15(2)5-11-20/h4-14H,3H2,1-2H3,(H,29,31,33)/b21-13+. The monoisotopic (exact) mass is 662 g/mol. The van der Waals surface area contributed by atoms with Crippen molar-refractivity contribution in [1.82, 2.24) is 5.32 Å². The van der Waals surface area contributed by atoms with Crippen molar-refractivity contribution in [2.45, 2.75) is 18.7 Å². The molecule has 0 spiro atoms. The van der Waals surface area contributed by atoms with Crippen LogP contribution in [-0.2, 0) is 19.7 Å². The van der Waals surface area contributed by atoms with E-state index < -0.39 is 33.5 Å². The Morgan fingerprint density at radius 2 is 1.63 bits per heavy atom. The van der Waals surface area contributed by atoms with E-state index in [4.69, 9.17) is 8.92 Å². The van der Waals surface area contributed by atoms with Gasteiger partial charge in [0.1, 0.15) is 16.2 Å². The predicted molar refractivity (Wildman–Crippen MR) is 147 cm³/mol. The van der Waals surface area contributed by atoms with Crippen molar-refractivity contribution >= 4 is 71.6 Å². The summed E-state index contributed by atoms with van der Waals surface area (Å²) >= 11 is 6.62. The maximum atomic E-state index is 13.3. The average molecular weight is 664 g/mol. The van der Waals surface area contributed by atoms with E-state index in [0.29, 0.717) is 16.8 Å². The minimum Gasteiger partial charge on any atom is -0.494 e. The van der Waals surface area contributed by atoms with Gasteiger partial charge in [-0.2, -0.15) is 8.42 Å². The smallest absolute Gasteiger partial charge is 0.339 e. The van der Waals surface area contributed by atoms with Crippen LogP contribution in [0, 0.1) is 6.92 Å². The number of hydrogen-bond donors (Lipinski definition) is 1. The van der Waals surface area contributed by atoms with Gasteiger partial charge in [-0.15, -0.1) is 0 Å². The molecule has 38 heavy (non-hydrogen) atoms. The summed E-state index contributed by atoms with van der Waals surface area (Å²) in [6.45, 7) is 4.08. The molecule has 12 heteroatoms. The summed E-state index contributed by atoms with van der Waals surface area (Å²) in [6, 6.07) is 14.4. The molecule has 3 aromatic carbocycles. The van der Waals surface area contributed by atoms with Gasteiger partial charge in [0.05, 0.1) is 16.8 Å². The molecular formula is C26H20Br2N2O7S. The van der Waals surface area contributed by atoms with Crippen LogP contribution in [0.15, 0.2) is 80.1 Å². The number of hydrogen-bond acceptors (Lipinski definition) is 7. The number of urea groups is 1. The summed E-state index contributed by atoms with van der Waals surface area (Å²) in [7, 11) is -4.26. The Hall–Kier alpha value is -3.48. The molecule has 1 N–H and O–H groups in total. The lowest BCUT2D eigenvalue weighted by Crippen LogP contribution is -2.54. The van der Waals surface area contributed by atoms with Crippen LogP contribution in [0.5, 0.6) is 11.5 Å². The van der Waals surface area contributed by atoms with E-state index in [1.807, 2.05) is 13.8 Å². The first-order valence-corrected chi connectivity index (χ1v) is 14.1.